The molecule has 0 rings (SSSR count). The molecule has 164 valence electrons. The number of aliphatic hydroxyl groups is 1. The fourth-order valence-electron chi connectivity index (χ4n) is 3.99. The summed E-state index contributed by atoms with van der Waals surface area (Å²) in [5.74, 6) is 0. The van der Waals surface area contributed by atoms with Gasteiger partial charge in [-0.3, -0.25) is 4.90 Å². The van der Waals surface area contributed by atoms with Gasteiger partial charge in [-0.1, -0.05) is 117 Å². The Hall–Kier alpha value is -0.0800. The first-order valence-electron chi connectivity index (χ1n) is 12.6. The van der Waals surface area contributed by atoms with E-state index in [0.717, 1.165) is 0 Å². The SMILES string of the molecule is CCCCCCCCCCCCCCCC(CO)N(CCCC)CCCC. The van der Waals surface area contributed by atoms with Gasteiger partial charge >= 0.3 is 0 Å². The van der Waals surface area contributed by atoms with Crippen molar-refractivity contribution in [1.82, 2.24) is 4.90 Å². The van der Waals surface area contributed by atoms with Crippen LogP contribution in [0.25, 0.3) is 0 Å². The van der Waals surface area contributed by atoms with Crippen molar-refractivity contribution < 1.29 is 5.11 Å². The van der Waals surface area contributed by atoms with Crippen molar-refractivity contribution >= 4 is 0 Å². The minimum atomic E-state index is 0.339. The molecule has 1 unspecified atom stereocenters. The lowest BCUT2D eigenvalue weighted by Crippen LogP contribution is -2.39. The number of hydrogen-bond donors (Lipinski definition) is 1. The van der Waals surface area contributed by atoms with E-state index < -0.39 is 0 Å². The van der Waals surface area contributed by atoms with Crippen LogP contribution in [0.1, 0.15) is 136 Å². The monoisotopic (exact) mass is 383 g/mol. The normalized spacial score (nSPS) is 12.8. The van der Waals surface area contributed by atoms with E-state index >= 15 is 0 Å². The second kappa shape index (κ2) is 22.2. The highest BCUT2D eigenvalue weighted by molar-refractivity contribution is 4.71. The van der Waals surface area contributed by atoms with E-state index in [-0.39, 0.29) is 0 Å². The minimum absolute atomic E-state index is 0.339. The topological polar surface area (TPSA) is 23.5 Å². The van der Waals surface area contributed by atoms with Crippen LogP contribution < -0.4 is 0 Å². The van der Waals surface area contributed by atoms with Crippen molar-refractivity contribution in [1.29, 1.82) is 0 Å². The third kappa shape index (κ3) is 17.7. The van der Waals surface area contributed by atoms with E-state index in [2.05, 4.69) is 25.7 Å². The Bertz CT molecular complexity index is 261. The number of hydrogen-bond acceptors (Lipinski definition) is 2. The first-order chi connectivity index (χ1) is 13.3. The number of nitrogens with zero attached hydrogens (tertiary/aromatic N) is 1. The highest BCUT2D eigenvalue weighted by Crippen LogP contribution is 2.15. The second-order valence-corrected chi connectivity index (χ2v) is 8.61. The van der Waals surface area contributed by atoms with Crippen molar-refractivity contribution in [2.24, 2.45) is 0 Å². The van der Waals surface area contributed by atoms with Gasteiger partial charge in [-0.2, -0.15) is 0 Å². The summed E-state index contributed by atoms with van der Waals surface area (Å²) in [6, 6.07) is 0.399. The molecule has 0 fully saturated rings. The van der Waals surface area contributed by atoms with Gasteiger partial charge in [0, 0.05) is 6.04 Å². The maximum Gasteiger partial charge on any atom is 0.0586 e. The van der Waals surface area contributed by atoms with Gasteiger partial charge in [0.25, 0.3) is 0 Å². The van der Waals surface area contributed by atoms with Crippen LogP contribution in [0.2, 0.25) is 0 Å². The summed E-state index contributed by atoms with van der Waals surface area (Å²) in [6.45, 7) is 9.49. The predicted molar refractivity (Wildman–Crippen MR) is 123 cm³/mol. The quantitative estimate of drug-likeness (QED) is 0.193. The molecule has 0 bridgehead atoms. The van der Waals surface area contributed by atoms with Crippen molar-refractivity contribution in [2.45, 2.75) is 142 Å². The highest BCUT2D eigenvalue weighted by atomic mass is 16.3. The molecule has 0 aliphatic rings. The molecule has 0 amide bonds. The van der Waals surface area contributed by atoms with Gasteiger partial charge in [0.05, 0.1) is 6.61 Å². The van der Waals surface area contributed by atoms with Crippen LogP contribution in [-0.2, 0) is 0 Å². The Kier molecular flexibility index (Phi) is 22.1. The minimum Gasteiger partial charge on any atom is -0.395 e. The maximum absolute atomic E-state index is 9.84. The second-order valence-electron chi connectivity index (χ2n) is 8.61. The van der Waals surface area contributed by atoms with Gasteiger partial charge in [-0.15, -0.1) is 0 Å². The predicted octanol–water partition coefficient (Wildman–Crippen LogP) is 7.73. The van der Waals surface area contributed by atoms with Gasteiger partial charge < -0.3 is 5.11 Å². The van der Waals surface area contributed by atoms with Gasteiger partial charge in [0.15, 0.2) is 0 Å². The van der Waals surface area contributed by atoms with E-state index in [1.807, 2.05) is 0 Å². The van der Waals surface area contributed by atoms with E-state index in [1.54, 1.807) is 0 Å². The number of unbranched alkanes of at least 4 members (excludes halogenated alkanes) is 14. The first kappa shape index (κ1) is 26.9. The molecule has 0 radical (unpaired) electrons. The maximum atomic E-state index is 9.84. The summed E-state index contributed by atoms with van der Waals surface area (Å²) in [6.07, 6.45) is 24.5. The molecule has 1 N–H and O–H groups in total. The molecule has 0 saturated heterocycles. The molecular formula is C25H53NO. The third-order valence-corrected chi connectivity index (χ3v) is 5.97. The molecule has 2 heteroatoms. The van der Waals surface area contributed by atoms with Crippen LogP contribution in [0, 0.1) is 0 Å². The van der Waals surface area contributed by atoms with Crippen LogP contribution in [0.3, 0.4) is 0 Å². The molecular weight excluding hydrogens is 330 g/mol. The molecule has 0 heterocycles. The van der Waals surface area contributed by atoms with E-state index in [4.69, 9.17) is 0 Å². The lowest BCUT2D eigenvalue weighted by molar-refractivity contribution is 0.111. The average molecular weight is 384 g/mol. The molecule has 0 aliphatic carbocycles. The van der Waals surface area contributed by atoms with Gasteiger partial charge in [0.1, 0.15) is 0 Å². The van der Waals surface area contributed by atoms with Crippen molar-refractivity contribution in [2.75, 3.05) is 19.7 Å². The molecule has 0 aromatic heterocycles. The molecule has 0 aromatic carbocycles. The zero-order valence-electron chi connectivity index (χ0n) is 19.3. The smallest absolute Gasteiger partial charge is 0.0586 e. The summed E-state index contributed by atoms with van der Waals surface area (Å²) in [5, 5.41) is 9.84. The Morgan fingerprint density at radius 1 is 0.519 bits per heavy atom. The average Bonchev–Trinajstić information content (AvgIpc) is 2.69. The molecule has 0 saturated carbocycles. The van der Waals surface area contributed by atoms with Crippen LogP contribution >= 0.6 is 0 Å². The summed E-state index contributed by atoms with van der Waals surface area (Å²) in [5.41, 5.74) is 0. The Morgan fingerprint density at radius 3 is 1.26 bits per heavy atom. The zero-order valence-corrected chi connectivity index (χ0v) is 19.3. The zero-order chi connectivity index (χ0) is 20.0. The van der Waals surface area contributed by atoms with Crippen LogP contribution in [-0.4, -0.2) is 35.7 Å². The molecule has 1 atom stereocenters. The van der Waals surface area contributed by atoms with Crippen LogP contribution in [0.4, 0.5) is 0 Å². The van der Waals surface area contributed by atoms with Crippen LogP contribution in [0.15, 0.2) is 0 Å². The van der Waals surface area contributed by atoms with Gasteiger partial charge in [-0.05, 0) is 32.4 Å². The van der Waals surface area contributed by atoms with Gasteiger partial charge in [0.2, 0.25) is 0 Å². The lowest BCUT2D eigenvalue weighted by Gasteiger charge is -2.30. The Balaban J connectivity index is 3.60. The fourth-order valence-corrected chi connectivity index (χ4v) is 3.99. The summed E-state index contributed by atoms with van der Waals surface area (Å²) < 4.78 is 0. The Labute approximate surface area is 172 Å². The molecule has 0 aliphatic heterocycles. The van der Waals surface area contributed by atoms with E-state index in [9.17, 15) is 5.11 Å². The first-order valence-corrected chi connectivity index (χ1v) is 12.6. The molecule has 2 nitrogen and oxygen atoms in total. The Morgan fingerprint density at radius 2 is 0.889 bits per heavy atom. The number of aliphatic hydroxyl groups excluding tert-OH is 1. The largest absolute Gasteiger partial charge is 0.395 e. The number of rotatable bonds is 22. The van der Waals surface area contributed by atoms with Crippen molar-refractivity contribution in [3.63, 3.8) is 0 Å². The summed E-state index contributed by atoms with van der Waals surface area (Å²) in [7, 11) is 0. The fraction of sp³-hybridized carbons (Fsp3) is 1.00. The van der Waals surface area contributed by atoms with Crippen LogP contribution in [0.5, 0.6) is 0 Å². The standard InChI is InChI=1S/C25H53NO/c1-4-7-10-11-12-13-14-15-16-17-18-19-20-21-25(24-27)26(22-8-5-2)23-9-6-3/h25,27H,4-24H2,1-3H3. The highest BCUT2D eigenvalue weighted by Gasteiger charge is 2.16. The van der Waals surface area contributed by atoms with E-state index in [0.29, 0.717) is 12.6 Å². The van der Waals surface area contributed by atoms with E-state index in [1.165, 1.54) is 129 Å². The van der Waals surface area contributed by atoms with Crippen molar-refractivity contribution in [3.8, 4) is 0 Å². The molecule has 0 aromatic rings. The lowest BCUT2D eigenvalue weighted by atomic mass is 10.0. The summed E-state index contributed by atoms with van der Waals surface area (Å²) in [4.78, 5) is 2.56. The van der Waals surface area contributed by atoms with Crippen molar-refractivity contribution in [3.05, 3.63) is 0 Å². The molecule has 27 heavy (non-hydrogen) atoms. The van der Waals surface area contributed by atoms with Gasteiger partial charge in [-0.25, -0.2) is 0 Å². The third-order valence-electron chi connectivity index (χ3n) is 5.97. The summed E-state index contributed by atoms with van der Waals surface area (Å²) >= 11 is 0. The molecule has 0 spiro atoms.